The molecule has 0 spiro atoms. The third-order valence-electron chi connectivity index (χ3n) is 3.72. The number of halogens is 3. The van der Waals surface area contributed by atoms with Gasteiger partial charge in [0, 0.05) is 24.3 Å². The molecule has 22 heavy (non-hydrogen) atoms. The summed E-state index contributed by atoms with van der Waals surface area (Å²) in [5.74, 6) is 0. The molecule has 2 aromatic heterocycles. The summed E-state index contributed by atoms with van der Waals surface area (Å²) in [6, 6.07) is 2.60. The number of aromatic nitrogens is 3. The SMILES string of the molecule is OC1CC(NCc2ccc(C(F)(F)F)c(-c3cn[nH]c3)n2)C1. The van der Waals surface area contributed by atoms with Crippen molar-refractivity contribution in [3.8, 4) is 11.3 Å². The van der Waals surface area contributed by atoms with Gasteiger partial charge in [0.1, 0.15) is 0 Å². The number of aliphatic hydroxyl groups is 1. The summed E-state index contributed by atoms with van der Waals surface area (Å²) in [4.78, 5) is 4.13. The van der Waals surface area contributed by atoms with Crippen LogP contribution in [0.1, 0.15) is 24.1 Å². The normalized spacial score (nSPS) is 21.6. The van der Waals surface area contributed by atoms with Crippen molar-refractivity contribution in [3.05, 3.63) is 35.8 Å². The fourth-order valence-corrected chi connectivity index (χ4v) is 2.43. The van der Waals surface area contributed by atoms with Crippen LogP contribution >= 0.6 is 0 Å². The molecule has 2 aromatic rings. The van der Waals surface area contributed by atoms with Crippen LogP contribution in [0, 0.1) is 0 Å². The maximum absolute atomic E-state index is 13.1. The lowest BCUT2D eigenvalue weighted by atomic mass is 9.89. The summed E-state index contributed by atoms with van der Waals surface area (Å²) < 4.78 is 39.2. The van der Waals surface area contributed by atoms with Gasteiger partial charge >= 0.3 is 6.18 Å². The average Bonchev–Trinajstić information content (AvgIpc) is 2.95. The van der Waals surface area contributed by atoms with Gasteiger partial charge in [-0.05, 0) is 25.0 Å². The number of rotatable bonds is 4. The molecular formula is C14H15F3N4O. The zero-order valence-corrected chi connectivity index (χ0v) is 11.6. The van der Waals surface area contributed by atoms with Crippen molar-refractivity contribution in [2.75, 3.05) is 0 Å². The fraction of sp³-hybridized carbons (Fsp3) is 0.429. The minimum absolute atomic E-state index is 0.130. The van der Waals surface area contributed by atoms with Crippen molar-refractivity contribution in [1.29, 1.82) is 0 Å². The van der Waals surface area contributed by atoms with Gasteiger partial charge in [-0.25, -0.2) is 0 Å². The van der Waals surface area contributed by atoms with Crippen molar-refractivity contribution in [3.63, 3.8) is 0 Å². The Morgan fingerprint density at radius 3 is 2.68 bits per heavy atom. The van der Waals surface area contributed by atoms with Crippen LogP contribution < -0.4 is 5.32 Å². The van der Waals surface area contributed by atoms with Crippen molar-refractivity contribution < 1.29 is 18.3 Å². The van der Waals surface area contributed by atoms with Crippen LogP contribution in [-0.4, -0.2) is 32.4 Å². The lowest BCUT2D eigenvalue weighted by Gasteiger charge is -2.32. The van der Waals surface area contributed by atoms with Gasteiger partial charge in [-0.1, -0.05) is 0 Å². The molecule has 0 unspecified atom stereocenters. The standard InChI is InChI=1S/C14H15F3N4O/c15-14(16,17)12-2-1-9(7-18-10-3-11(22)4-10)21-13(12)8-5-19-20-6-8/h1-2,5-6,10-11,18,22H,3-4,7H2,(H,19,20). The molecule has 0 bridgehead atoms. The first-order valence-corrected chi connectivity index (χ1v) is 6.91. The number of H-pyrrole nitrogens is 1. The number of hydrogen-bond acceptors (Lipinski definition) is 4. The van der Waals surface area contributed by atoms with Crippen LogP contribution in [-0.2, 0) is 12.7 Å². The molecule has 3 N–H and O–H groups in total. The van der Waals surface area contributed by atoms with Crippen molar-refractivity contribution in [2.24, 2.45) is 0 Å². The summed E-state index contributed by atoms with van der Waals surface area (Å²) in [5.41, 5.74) is -0.0928. The van der Waals surface area contributed by atoms with E-state index in [1.807, 2.05) is 0 Å². The molecule has 1 aliphatic rings. The molecular weight excluding hydrogens is 297 g/mol. The van der Waals surface area contributed by atoms with E-state index in [1.165, 1.54) is 18.5 Å². The van der Waals surface area contributed by atoms with E-state index in [-0.39, 0.29) is 17.8 Å². The van der Waals surface area contributed by atoms with E-state index in [2.05, 4.69) is 20.5 Å². The van der Waals surface area contributed by atoms with Gasteiger partial charge in [-0.15, -0.1) is 0 Å². The van der Waals surface area contributed by atoms with Crippen molar-refractivity contribution >= 4 is 0 Å². The van der Waals surface area contributed by atoms with E-state index in [1.54, 1.807) is 0 Å². The monoisotopic (exact) mass is 312 g/mol. The lowest BCUT2D eigenvalue weighted by Crippen LogP contribution is -2.43. The summed E-state index contributed by atoms with van der Waals surface area (Å²) in [6.07, 6.45) is -0.720. The molecule has 3 rings (SSSR count). The maximum atomic E-state index is 13.1. The summed E-state index contributed by atoms with van der Waals surface area (Å²) >= 11 is 0. The molecule has 0 aromatic carbocycles. The average molecular weight is 312 g/mol. The minimum atomic E-state index is -4.47. The van der Waals surface area contributed by atoms with Crippen LogP contribution in [0.25, 0.3) is 11.3 Å². The summed E-state index contributed by atoms with van der Waals surface area (Å²) in [6.45, 7) is 0.361. The highest BCUT2D eigenvalue weighted by molar-refractivity contribution is 5.62. The number of aromatic amines is 1. The van der Waals surface area contributed by atoms with Gasteiger partial charge in [0.05, 0.1) is 29.3 Å². The zero-order chi connectivity index (χ0) is 15.7. The second-order valence-electron chi connectivity index (χ2n) is 5.39. The first-order valence-electron chi connectivity index (χ1n) is 6.91. The van der Waals surface area contributed by atoms with Crippen LogP contribution in [0.2, 0.25) is 0 Å². The largest absolute Gasteiger partial charge is 0.418 e. The third kappa shape index (κ3) is 3.12. The molecule has 0 saturated heterocycles. The van der Waals surface area contributed by atoms with E-state index in [0.717, 1.165) is 6.07 Å². The quantitative estimate of drug-likeness (QED) is 0.808. The maximum Gasteiger partial charge on any atom is 0.418 e. The van der Waals surface area contributed by atoms with Crippen LogP contribution in [0.15, 0.2) is 24.5 Å². The smallest absolute Gasteiger partial charge is 0.393 e. The van der Waals surface area contributed by atoms with Gasteiger partial charge in [-0.2, -0.15) is 18.3 Å². The number of aliphatic hydroxyl groups excluding tert-OH is 1. The molecule has 1 fully saturated rings. The van der Waals surface area contributed by atoms with Crippen molar-refractivity contribution in [1.82, 2.24) is 20.5 Å². The second kappa shape index (κ2) is 5.69. The first kappa shape index (κ1) is 15.0. The highest BCUT2D eigenvalue weighted by Gasteiger charge is 2.35. The Hall–Kier alpha value is -1.93. The molecule has 0 radical (unpaired) electrons. The number of alkyl halides is 3. The molecule has 1 aliphatic carbocycles. The van der Waals surface area contributed by atoms with E-state index >= 15 is 0 Å². The predicted octanol–water partition coefficient (Wildman–Crippen LogP) is 2.10. The molecule has 0 amide bonds. The third-order valence-corrected chi connectivity index (χ3v) is 3.72. The molecule has 2 heterocycles. The van der Waals surface area contributed by atoms with Crippen LogP contribution in [0.3, 0.4) is 0 Å². The number of pyridine rings is 1. The zero-order valence-electron chi connectivity index (χ0n) is 11.6. The van der Waals surface area contributed by atoms with Gasteiger partial charge in [0.2, 0.25) is 0 Å². The molecule has 5 nitrogen and oxygen atoms in total. The van der Waals surface area contributed by atoms with Gasteiger partial charge in [0.15, 0.2) is 0 Å². The fourth-order valence-electron chi connectivity index (χ4n) is 2.43. The first-order chi connectivity index (χ1) is 10.4. The topological polar surface area (TPSA) is 73.8 Å². The van der Waals surface area contributed by atoms with Crippen LogP contribution in [0.5, 0.6) is 0 Å². The highest BCUT2D eigenvalue weighted by Crippen LogP contribution is 2.35. The van der Waals surface area contributed by atoms with Crippen LogP contribution in [0.4, 0.5) is 13.2 Å². The Balaban J connectivity index is 1.82. The Morgan fingerprint density at radius 1 is 1.32 bits per heavy atom. The summed E-state index contributed by atoms with van der Waals surface area (Å²) in [7, 11) is 0. The van der Waals surface area contributed by atoms with Gasteiger partial charge < -0.3 is 10.4 Å². The lowest BCUT2D eigenvalue weighted by molar-refractivity contribution is -0.137. The van der Waals surface area contributed by atoms with Gasteiger partial charge in [0.25, 0.3) is 0 Å². The van der Waals surface area contributed by atoms with E-state index in [4.69, 9.17) is 0 Å². The molecule has 0 aliphatic heterocycles. The Labute approximate surface area is 124 Å². The Kier molecular flexibility index (Phi) is 3.88. The van der Waals surface area contributed by atoms with E-state index < -0.39 is 11.7 Å². The molecule has 118 valence electrons. The number of nitrogens with one attached hydrogen (secondary N) is 2. The van der Waals surface area contributed by atoms with E-state index in [9.17, 15) is 18.3 Å². The Morgan fingerprint density at radius 2 is 2.09 bits per heavy atom. The van der Waals surface area contributed by atoms with E-state index in [0.29, 0.717) is 30.6 Å². The highest BCUT2D eigenvalue weighted by atomic mass is 19.4. The second-order valence-corrected chi connectivity index (χ2v) is 5.39. The minimum Gasteiger partial charge on any atom is -0.393 e. The van der Waals surface area contributed by atoms with Gasteiger partial charge in [-0.3, -0.25) is 10.1 Å². The summed E-state index contributed by atoms with van der Waals surface area (Å²) in [5, 5.41) is 18.6. The molecule has 1 saturated carbocycles. The Bertz CT molecular complexity index is 636. The molecule has 8 heteroatoms. The molecule has 0 atom stereocenters. The number of hydrogen-bond donors (Lipinski definition) is 3. The number of nitrogens with zero attached hydrogens (tertiary/aromatic N) is 2. The predicted molar refractivity (Wildman–Crippen MR) is 72.7 cm³/mol. The van der Waals surface area contributed by atoms with Crippen molar-refractivity contribution in [2.45, 2.75) is 37.7 Å².